The first-order valence-corrected chi connectivity index (χ1v) is 5.33. The summed E-state index contributed by atoms with van der Waals surface area (Å²) in [5, 5.41) is 9.64. The normalized spacial score (nSPS) is 10.8. The molecule has 4 nitrogen and oxygen atoms in total. The first-order chi connectivity index (χ1) is 7.22. The van der Waals surface area contributed by atoms with E-state index in [1.807, 2.05) is 18.2 Å². The van der Waals surface area contributed by atoms with E-state index in [-0.39, 0.29) is 6.61 Å². The van der Waals surface area contributed by atoms with Gasteiger partial charge < -0.3 is 10.8 Å². The molecule has 1 aromatic carbocycles. The molecule has 0 unspecified atom stereocenters. The van der Waals surface area contributed by atoms with Gasteiger partial charge in [0.05, 0.1) is 12.1 Å². The van der Waals surface area contributed by atoms with Gasteiger partial charge in [0.2, 0.25) is 0 Å². The molecule has 0 atom stereocenters. The zero-order valence-electron chi connectivity index (χ0n) is 7.94. The lowest BCUT2D eigenvalue weighted by Gasteiger charge is -2.05. The summed E-state index contributed by atoms with van der Waals surface area (Å²) in [5.74, 6) is 1.01. The average Bonchev–Trinajstić information content (AvgIpc) is 2.20. The van der Waals surface area contributed by atoms with Gasteiger partial charge in [-0.25, -0.2) is 9.97 Å². The molecular weight excluding hydrogens is 258 g/mol. The van der Waals surface area contributed by atoms with Gasteiger partial charge in [-0.05, 0) is 28.1 Å². The van der Waals surface area contributed by atoms with Gasteiger partial charge in [0.1, 0.15) is 11.6 Å². The van der Waals surface area contributed by atoms with E-state index in [2.05, 4.69) is 25.9 Å². The predicted octanol–water partition coefficient (Wildman–Crippen LogP) is 1.51. The molecule has 1 aromatic heterocycles. The van der Waals surface area contributed by atoms with Gasteiger partial charge in [0.15, 0.2) is 0 Å². The van der Waals surface area contributed by atoms with Crippen LogP contribution in [-0.4, -0.2) is 21.7 Å². The number of nitrogens with two attached hydrogens (primary N) is 1. The Balaban J connectivity index is 2.68. The molecule has 78 valence electrons. The minimum absolute atomic E-state index is 0.0232. The summed E-state index contributed by atoms with van der Waals surface area (Å²) in [6.07, 6.45) is 0.418. The van der Waals surface area contributed by atoms with Crippen molar-refractivity contribution in [1.29, 1.82) is 0 Å². The maximum absolute atomic E-state index is 8.82. The second-order valence-electron chi connectivity index (χ2n) is 3.13. The third kappa shape index (κ3) is 1.93. The fourth-order valence-electron chi connectivity index (χ4n) is 1.40. The van der Waals surface area contributed by atoms with Crippen LogP contribution in [0.5, 0.6) is 0 Å². The average molecular weight is 268 g/mol. The molecule has 0 aliphatic carbocycles. The van der Waals surface area contributed by atoms with E-state index < -0.39 is 0 Å². The Hall–Kier alpha value is -1.20. The van der Waals surface area contributed by atoms with Crippen LogP contribution in [0.4, 0.5) is 5.82 Å². The molecule has 0 saturated carbocycles. The number of hydrogen-bond acceptors (Lipinski definition) is 4. The molecule has 5 heteroatoms. The van der Waals surface area contributed by atoms with Crippen LogP contribution in [0.1, 0.15) is 5.82 Å². The highest BCUT2D eigenvalue weighted by atomic mass is 79.9. The second-order valence-corrected chi connectivity index (χ2v) is 3.99. The van der Waals surface area contributed by atoms with Crippen molar-refractivity contribution in [3.05, 3.63) is 28.5 Å². The van der Waals surface area contributed by atoms with Crippen molar-refractivity contribution in [2.75, 3.05) is 12.3 Å². The maximum atomic E-state index is 8.82. The summed E-state index contributed by atoms with van der Waals surface area (Å²) in [5.41, 5.74) is 6.59. The summed E-state index contributed by atoms with van der Waals surface area (Å²) in [4.78, 5) is 8.45. The molecular formula is C10H10BrN3O. The van der Waals surface area contributed by atoms with Crippen LogP contribution in [0.3, 0.4) is 0 Å². The van der Waals surface area contributed by atoms with Crippen molar-refractivity contribution in [3.63, 3.8) is 0 Å². The Bertz CT molecular complexity index is 501. The van der Waals surface area contributed by atoms with Crippen LogP contribution >= 0.6 is 15.9 Å². The number of rotatable bonds is 2. The molecule has 0 aliphatic rings. The largest absolute Gasteiger partial charge is 0.396 e. The molecule has 0 spiro atoms. The van der Waals surface area contributed by atoms with Crippen molar-refractivity contribution in [1.82, 2.24) is 9.97 Å². The Morgan fingerprint density at radius 1 is 1.33 bits per heavy atom. The van der Waals surface area contributed by atoms with Crippen molar-refractivity contribution in [2.45, 2.75) is 6.42 Å². The van der Waals surface area contributed by atoms with E-state index in [4.69, 9.17) is 10.8 Å². The summed E-state index contributed by atoms with van der Waals surface area (Å²) in [7, 11) is 0. The molecule has 0 aliphatic heterocycles. The maximum Gasteiger partial charge on any atom is 0.135 e. The highest BCUT2D eigenvalue weighted by Gasteiger charge is 2.06. The number of para-hydroxylation sites is 1. The first kappa shape index (κ1) is 10.3. The van der Waals surface area contributed by atoms with Crippen molar-refractivity contribution in [3.8, 4) is 0 Å². The topological polar surface area (TPSA) is 72.0 Å². The Morgan fingerprint density at radius 3 is 2.87 bits per heavy atom. The van der Waals surface area contributed by atoms with Gasteiger partial charge in [0, 0.05) is 16.3 Å². The number of fused-ring (bicyclic) bond motifs is 1. The van der Waals surface area contributed by atoms with Gasteiger partial charge >= 0.3 is 0 Å². The van der Waals surface area contributed by atoms with E-state index in [9.17, 15) is 0 Å². The van der Waals surface area contributed by atoms with E-state index in [0.29, 0.717) is 18.1 Å². The summed E-state index contributed by atoms with van der Waals surface area (Å²) < 4.78 is 0.883. The quantitative estimate of drug-likeness (QED) is 0.866. The van der Waals surface area contributed by atoms with E-state index in [0.717, 1.165) is 15.4 Å². The molecule has 3 N–H and O–H groups in total. The fraction of sp³-hybridized carbons (Fsp3) is 0.200. The number of aliphatic hydroxyl groups is 1. The highest BCUT2D eigenvalue weighted by molar-refractivity contribution is 9.10. The van der Waals surface area contributed by atoms with E-state index in [1.165, 1.54) is 0 Å². The minimum atomic E-state index is 0.0232. The lowest BCUT2D eigenvalue weighted by atomic mass is 10.2. The first-order valence-electron chi connectivity index (χ1n) is 4.54. The molecule has 0 amide bonds. The van der Waals surface area contributed by atoms with Gasteiger partial charge in [0.25, 0.3) is 0 Å². The molecule has 2 rings (SSSR count). The number of nitrogens with zero attached hydrogens (tertiary/aromatic N) is 2. The Labute approximate surface area is 95.3 Å². The number of aliphatic hydroxyl groups excluding tert-OH is 1. The number of hydrogen-bond donors (Lipinski definition) is 2. The molecule has 0 saturated heterocycles. The fourth-order valence-corrected chi connectivity index (χ4v) is 1.86. The van der Waals surface area contributed by atoms with Crippen molar-refractivity contribution < 1.29 is 5.11 Å². The lowest BCUT2D eigenvalue weighted by Crippen LogP contribution is -2.03. The zero-order valence-corrected chi connectivity index (χ0v) is 9.53. The van der Waals surface area contributed by atoms with Gasteiger partial charge in [-0.15, -0.1) is 0 Å². The van der Waals surface area contributed by atoms with Gasteiger partial charge in [-0.1, -0.05) is 6.07 Å². The van der Waals surface area contributed by atoms with Crippen LogP contribution in [0.15, 0.2) is 22.7 Å². The van der Waals surface area contributed by atoms with Crippen LogP contribution in [0.25, 0.3) is 10.9 Å². The third-order valence-electron chi connectivity index (χ3n) is 2.09. The smallest absolute Gasteiger partial charge is 0.135 e. The lowest BCUT2D eigenvalue weighted by molar-refractivity contribution is 0.297. The van der Waals surface area contributed by atoms with Crippen LogP contribution in [0.2, 0.25) is 0 Å². The molecule has 1 heterocycles. The Kier molecular flexibility index (Phi) is 2.83. The third-order valence-corrected chi connectivity index (χ3v) is 2.73. The highest BCUT2D eigenvalue weighted by Crippen LogP contribution is 2.25. The monoisotopic (exact) mass is 267 g/mol. The standard InChI is InChI=1S/C10H10BrN3O/c11-7-3-1-2-6-9(7)13-8(4-5-15)14-10(6)12/h1-3,15H,4-5H2,(H2,12,13,14). The Morgan fingerprint density at radius 2 is 2.13 bits per heavy atom. The number of anilines is 1. The summed E-state index contributed by atoms with van der Waals surface area (Å²) in [6, 6.07) is 5.66. The summed E-state index contributed by atoms with van der Waals surface area (Å²) in [6.45, 7) is 0.0232. The number of nitrogen functional groups attached to an aromatic ring is 1. The number of benzene rings is 1. The minimum Gasteiger partial charge on any atom is -0.396 e. The molecule has 15 heavy (non-hydrogen) atoms. The van der Waals surface area contributed by atoms with E-state index in [1.54, 1.807) is 0 Å². The van der Waals surface area contributed by atoms with Crippen molar-refractivity contribution in [2.24, 2.45) is 0 Å². The summed E-state index contributed by atoms with van der Waals surface area (Å²) >= 11 is 3.41. The van der Waals surface area contributed by atoms with Crippen LogP contribution in [-0.2, 0) is 6.42 Å². The second kappa shape index (κ2) is 4.12. The van der Waals surface area contributed by atoms with Gasteiger partial charge in [-0.3, -0.25) is 0 Å². The SMILES string of the molecule is Nc1nc(CCO)nc2c(Br)cccc12. The van der Waals surface area contributed by atoms with Gasteiger partial charge in [-0.2, -0.15) is 0 Å². The van der Waals surface area contributed by atoms with Crippen LogP contribution < -0.4 is 5.73 Å². The molecule has 0 radical (unpaired) electrons. The van der Waals surface area contributed by atoms with E-state index >= 15 is 0 Å². The molecule has 0 fully saturated rings. The number of halogens is 1. The number of aromatic nitrogens is 2. The van der Waals surface area contributed by atoms with Crippen LogP contribution in [0, 0.1) is 0 Å². The molecule has 2 aromatic rings. The molecule has 0 bridgehead atoms. The van der Waals surface area contributed by atoms with Crippen molar-refractivity contribution >= 4 is 32.7 Å². The zero-order chi connectivity index (χ0) is 10.8. The predicted molar refractivity (Wildman–Crippen MR) is 62.4 cm³/mol.